The minimum absolute atomic E-state index is 0.164. The zero-order valence-corrected chi connectivity index (χ0v) is 7.34. The Morgan fingerprint density at radius 1 is 1.55 bits per heavy atom. The Morgan fingerprint density at radius 3 is 2.55 bits per heavy atom. The Balaban J connectivity index is 2.48. The molecule has 0 aromatic carbocycles. The van der Waals surface area contributed by atoms with Crippen LogP contribution >= 0.6 is 0 Å². The molecule has 1 heteroatoms. The summed E-state index contributed by atoms with van der Waals surface area (Å²) in [6, 6.07) is 0. The Hall–Kier alpha value is -0.300. The van der Waals surface area contributed by atoms with Gasteiger partial charge in [-0.1, -0.05) is 25.8 Å². The van der Waals surface area contributed by atoms with Gasteiger partial charge in [0.05, 0.1) is 6.10 Å². The first-order valence-electron chi connectivity index (χ1n) is 4.48. The van der Waals surface area contributed by atoms with Gasteiger partial charge in [-0.25, -0.2) is 0 Å². The molecule has 1 fully saturated rings. The molecule has 1 rings (SSSR count). The summed E-state index contributed by atoms with van der Waals surface area (Å²) in [7, 11) is 0. The summed E-state index contributed by atoms with van der Waals surface area (Å²) >= 11 is 0. The lowest BCUT2D eigenvalue weighted by Gasteiger charge is -2.29. The molecule has 0 aromatic heterocycles. The topological polar surface area (TPSA) is 20.2 Å². The summed E-state index contributed by atoms with van der Waals surface area (Å²) in [6.07, 6.45) is 7.33. The Bertz CT molecular complexity index is 134. The molecule has 0 aliphatic heterocycles. The van der Waals surface area contributed by atoms with Crippen LogP contribution in [-0.4, -0.2) is 11.2 Å². The summed E-state index contributed by atoms with van der Waals surface area (Å²) < 4.78 is 0. The number of rotatable bonds is 3. The minimum atomic E-state index is -0.164. The van der Waals surface area contributed by atoms with Gasteiger partial charge in [0.15, 0.2) is 0 Å². The van der Waals surface area contributed by atoms with Crippen molar-refractivity contribution in [1.29, 1.82) is 0 Å². The van der Waals surface area contributed by atoms with Gasteiger partial charge >= 0.3 is 0 Å². The van der Waals surface area contributed by atoms with Gasteiger partial charge in [-0.15, -0.1) is 6.58 Å². The predicted octanol–water partition coefficient (Wildman–Crippen LogP) is 2.50. The Kier molecular flexibility index (Phi) is 2.72. The Morgan fingerprint density at radius 2 is 2.09 bits per heavy atom. The number of aliphatic hydroxyl groups excluding tert-OH is 1. The zero-order chi connectivity index (χ0) is 8.32. The predicted molar refractivity (Wildman–Crippen MR) is 47.4 cm³/mol. The van der Waals surface area contributed by atoms with E-state index in [1.807, 2.05) is 6.08 Å². The summed E-state index contributed by atoms with van der Waals surface area (Å²) in [4.78, 5) is 0. The van der Waals surface area contributed by atoms with E-state index in [-0.39, 0.29) is 11.5 Å². The van der Waals surface area contributed by atoms with Gasteiger partial charge in [0.1, 0.15) is 0 Å². The quantitative estimate of drug-likeness (QED) is 0.619. The van der Waals surface area contributed by atoms with E-state index < -0.39 is 0 Å². The van der Waals surface area contributed by atoms with Crippen LogP contribution in [0.5, 0.6) is 0 Å². The lowest BCUT2D eigenvalue weighted by molar-refractivity contribution is 0.0446. The molecule has 0 spiro atoms. The fourth-order valence-electron chi connectivity index (χ4n) is 1.96. The molecule has 1 aliphatic carbocycles. The molecule has 1 saturated carbocycles. The summed E-state index contributed by atoms with van der Waals surface area (Å²) in [5.74, 6) is 0. The second-order valence-corrected chi connectivity index (χ2v) is 3.90. The van der Waals surface area contributed by atoms with Crippen molar-refractivity contribution in [2.24, 2.45) is 5.41 Å². The average molecular weight is 154 g/mol. The van der Waals surface area contributed by atoms with Crippen LogP contribution in [0.15, 0.2) is 12.7 Å². The van der Waals surface area contributed by atoms with Crippen LogP contribution in [0.3, 0.4) is 0 Å². The van der Waals surface area contributed by atoms with Gasteiger partial charge in [-0.05, 0) is 24.7 Å². The van der Waals surface area contributed by atoms with Gasteiger partial charge in [0, 0.05) is 0 Å². The maximum atomic E-state index is 9.74. The highest BCUT2D eigenvalue weighted by molar-refractivity contribution is 4.90. The van der Waals surface area contributed by atoms with Crippen molar-refractivity contribution in [2.45, 2.75) is 45.1 Å². The SMILES string of the molecule is C=CCC(O)C1(C)CCCC1. The van der Waals surface area contributed by atoms with Crippen LogP contribution in [0.1, 0.15) is 39.0 Å². The lowest BCUT2D eigenvalue weighted by Crippen LogP contribution is -2.28. The van der Waals surface area contributed by atoms with Crippen LogP contribution in [-0.2, 0) is 0 Å². The third-order valence-electron chi connectivity index (χ3n) is 2.94. The first kappa shape index (κ1) is 8.79. The van der Waals surface area contributed by atoms with E-state index in [2.05, 4.69) is 13.5 Å². The van der Waals surface area contributed by atoms with Gasteiger partial charge in [0.2, 0.25) is 0 Å². The van der Waals surface area contributed by atoms with Crippen molar-refractivity contribution in [3.63, 3.8) is 0 Å². The molecule has 1 aliphatic rings. The van der Waals surface area contributed by atoms with Gasteiger partial charge < -0.3 is 5.11 Å². The smallest absolute Gasteiger partial charge is 0.0628 e. The molecule has 0 heterocycles. The summed E-state index contributed by atoms with van der Waals surface area (Å²) in [5.41, 5.74) is 0.189. The van der Waals surface area contributed by atoms with Gasteiger partial charge in [0.25, 0.3) is 0 Å². The lowest BCUT2D eigenvalue weighted by atomic mass is 9.81. The van der Waals surface area contributed by atoms with Crippen LogP contribution in [0.2, 0.25) is 0 Å². The van der Waals surface area contributed by atoms with Crippen molar-refractivity contribution in [3.05, 3.63) is 12.7 Å². The van der Waals surface area contributed by atoms with Crippen molar-refractivity contribution in [1.82, 2.24) is 0 Å². The fraction of sp³-hybridized carbons (Fsp3) is 0.800. The van der Waals surface area contributed by atoms with E-state index >= 15 is 0 Å². The summed E-state index contributed by atoms with van der Waals surface area (Å²) in [6.45, 7) is 5.83. The largest absolute Gasteiger partial charge is 0.392 e. The fourth-order valence-corrected chi connectivity index (χ4v) is 1.96. The molecule has 64 valence electrons. The molecule has 11 heavy (non-hydrogen) atoms. The highest BCUT2D eigenvalue weighted by atomic mass is 16.3. The van der Waals surface area contributed by atoms with E-state index in [4.69, 9.17) is 0 Å². The highest BCUT2D eigenvalue weighted by Gasteiger charge is 2.34. The second kappa shape index (κ2) is 3.40. The minimum Gasteiger partial charge on any atom is -0.392 e. The molecule has 0 amide bonds. The van der Waals surface area contributed by atoms with E-state index in [0.29, 0.717) is 0 Å². The maximum absolute atomic E-state index is 9.74. The maximum Gasteiger partial charge on any atom is 0.0628 e. The van der Waals surface area contributed by atoms with Crippen molar-refractivity contribution in [2.75, 3.05) is 0 Å². The molecule has 1 atom stereocenters. The van der Waals surface area contributed by atoms with Gasteiger partial charge in [-0.3, -0.25) is 0 Å². The van der Waals surface area contributed by atoms with Crippen LogP contribution < -0.4 is 0 Å². The van der Waals surface area contributed by atoms with Crippen LogP contribution in [0.4, 0.5) is 0 Å². The zero-order valence-electron chi connectivity index (χ0n) is 7.34. The average Bonchev–Trinajstić information content (AvgIpc) is 2.38. The van der Waals surface area contributed by atoms with Crippen molar-refractivity contribution in [3.8, 4) is 0 Å². The molecule has 0 radical (unpaired) electrons. The van der Waals surface area contributed by atoms with E-state index in [1.54, 1.807) is 0 Å². The van der Waals surface area contributed by atoms with Crippen molar-refractivity contribution >= 4 is 0 Å². The molecular weight excluding hydrogens is 136 g/mol. The summed E-state index contributed by atoms with van der Waals surface area (Å²) in [5, 5.41) is 9.74. The highest BCUT2D eigenvalue weighted by Crippen LogP contribution is 2.41. The third kappa shape index (κ3) is 1.84. The third-order valence-corrected chi connectivity index (χ3v) is 2.94. The molecule has 1 unspecified atom stereocenters. The molecule has 0 saturated heterocycles. The van der Waals surface area contributed by atoms with E-state index in [1.165, 1.54) is 25.7 Å². The van der Waals surface area contributed by atoms with Crippen molar-refractivity contribution < 1.29 is 5.11 Å². The molecular formula is C10H18O. The monoisotopic (exact) mass is 154 g/mol. The Labute approximate surface area is 69.1 Å². The standard InChI is InChI=1S/C10H18O/c1-3-6-9(11)10(2)7-4-5-8-10/h3,9,11H,1,4-8H2,2H3. The number of hydrogen-bond donors (Lipinski definition) is 1. The second-order valence-electron chi connectivity index (χ2n) is 3.90. The van der Waals surface area contributed by atoms with Gasteiger partial charge in [-0.2, -0.15) is 0 Å². The normalized spacial score (nSPS) is 24.9. The first-order valence-corrected chi connectivity index (χ1v) is 4.48. The molecule has 0 aromatic rings. The van der Waals surface area contributed by atoms with E-state index in [9.17, 15) is 5.11 Å². The molecule has 0 bridgehead atoms. The first-order chi connectivity index (χ1) is 5.19. The van der Waals surface area contributed by atoms with Crippen LogP contribution in [0, 0.1) is 5.41 Å². The number of aliphatic hydroxyl groups is 1. The molecule has 1 N–H and O–H groups in total. The van der Waals surface area contributed by atoms with E-state index in [0.717, 1.165) is 6.42 Å². The number of hydrogen-bond acceptors (Lipinski definition) is 1. The molecule has 1 nitrogen and oxygen atoms in total. The van der Waals surface area contributed by atoms with Crippen LogP contribution in [0.25, 0.3) is 0 Å².